The summed E-state index contributed by atoms with van der Waals surface area (Å²) in [5.74, 6) is -0.200. The SMILES string of the molecule is Cc1ccc(NC(=O)[C@@H](N)c2ccccc2)cc1C. The zero-order valence-corrected chi connectivity index (χ0v) is 11.2. The van der Waals surface area contributed by atoms with Crippen molar-refractivity contribution >= 4 is 11.6 Å². The van der Waals surface area contributed by atoms with Gasteiger partial charge in [-0.15, -0.1) is 0 Å². The summed E-state index contributed by atoms with van der Waals surface area (Å²) in [6.07, 6.45) is 0. The number of aryl methyl sites for hydroxylation is 2. The number of carbonyl (C=O) groups is 1. The highest BCUT2D eigenvalue weighted by atomic mass is 16.2. The minimum Gasteiger partial charge on any atom is -0.324 e. The van der Waals surface area contributed by atoms with Crippen molar-refractivity contribution in [3.8, 4) is 0 Å². The van der Waals surface area contributed by atoms with Gasteiger partial charge in [-0.2, -0.15) is 0 Å². The molecule has 3 nitrogen and oxygen atoms in total. The summed E-state index contributed by atoms with van der Waals surface area (Å²) in [4.78, 5) is 12.1. The van der Waals surface area contributed by atoms with E-state index in [1.165, 1.54) is 5.56 Å². The Morgan fingerprint density at radius 2 is 1.74 bits per heavy atom. The van der Waals surface area contributed by atoms with E-state index >= 15 is 0 Å². The first-order valence-corrected chi connectivity index (χ1v) is 6.26. The number of nitrogens with one attached hydrogen (secondary N) is 1. The fraction of sp³-hybridized carbons (Fsp3) is 0.188. The third-order valence-corrected chi connectivity index (χ3v) is 3.22. The second kappa shape index (κ2) is 5.67. The lowest BCUT2D eigenvalue weighted by Gasteiger charge is -2.13. The Labute approximate surface area is 113 Å². The molecule has 0 heterocycles. The summed E-state index contributed by atoms with van der Waals surface area (Å²) in [6.45, 7) is 4.05. The molecule has 0 aliphatic rings. The summed E-state index contributed by atoms with van der Waals surface area (Å²) < 4.78 is 0. The fourth-order valence-corrected chi connectivity index (χ4v) is 1.85. The van der Waals surface area contributed by atoms with Crippen LogP contribution in [0.4, 0.5) is 5.69 Å². The van der Waals surface area contributed by atoms with E-state index in [0.29, 0.717) is 0 Å². The van der Waals surface area contributed by atoms with Gasteiger partial charge in [0.2, 0.25) is 5.91 Å². The lowest BCUT2D eigenvalue weighted by Crippen LogP contribution is -2.27. The number of nitrogens with two attached hydrogens (primary N) is 1. The van der Waals surface area contributed by atoms with Gasteiger partial charge in [0.25, 0.3) is 0 Å². The Balaban J connectivity index is 2.10. The fourth-order valence-electron chi connectivity index (χ4n) is 1.85. The molecule has 1 amide bonds. The van der Waals surface area contributed by atoms with Crippen LogP contribution in [0.5, 0.6) is 0 Å². The van der Waals surface area contributed by atoms with Crippen molar-refractivity contribution in [3.05, 3.63) is 65.2 Å². The molecule has 0 spiro atoms. The molecule has 3 N–H and O–H groups in total. The first-order chi connectivity index (χ1) is 9.08. The Kier molecular flexibility index (Phi) is 3.97. The van der Waals surface area contributed by atoms with Gasteiger partial charge in [0.05, 0.1) is 0 Å². The van der Waals surface area contributed by atoms with Gasteiger partial charge in [0.1, 0.15) is 6.04 Å². The average Bonchev–Trinajstić information content (AvgIpc) is 2.43. The first kappa shape index (κ1) is 13.3. The van der Waals surface area contributed by atoms with Crippen LogP contribution >= 0.6 is 0 Å². The summed E-state index contributed by atoms with van der Waals surface area (Å²) >= 11 is 0. The molecule has 2 rings (SSSR count). The molecule has 2 aromatic carbocycles. The molecule has 2 aromatic rings. The third-order valence-electron chi connectivity index (χ3n) is 3.22. The highest BCUT2D eigenvalue weighted by molar-refractivity contribution is 5.95. The molecule has 0 aliphatic carbocycles. The van der Waals surface area contributed by atoms with Crippen molar-refractivity contribution in [2.75, 3.05) is 5.32 Å². The van der Waals surface area contributed by atoms with Gasteiger partial charge in [-0.3, -0.25) is 4.79 Å². The van der Waals surface area contributed by atoms with Crippen LogP contribution in [0.3, 0.4) is 0 Å². The topological polar surface area (TPSA) is 55.1 Å². The number of amides is 1. The molecule has 0 aromatic heterocycles. The Morgan fingerprint density at radius 3 is 2.37 bits per heavy atom. The van der Waals surface area contributed by atoms with E-state index in [-0.39, 0.29) is 5.91 Å². The number of benzene rings is 2. The van der Waals surface area contributed by atoms with Crippen LogP contribution in [0, 0.1) is 13.8 Å². The first-order valence-electron chi connectivity index (χ1n) is 6.26. The van der Waals surface area contributed by atoms with E-state index in [4.69, 9.17) is 5.73 Å². The summed E-state index contributed by atoms with van der Waals surface area (Å²) in [5, 5.41) is 2.84. The number of hydrogen-bond acceptors (Lipinski definition) is 2. The van der Waals surface area contributed by atoms with Crippen molar-refractivity contribution < 1.29 is 4.79 Å². The second-order valence-corrected chi connectivity index (χ2v) is 4.68. The molecule has 0 unspecified atom stereocenters. The predicted octanol–water partition coefficient (Wildman–Crippen LogP) is 2.94. The minimum absolute atomic E-state index is 0.200. The molecule has 0 saturated heterocycles. The van der Waals surface area contributed by atoms with Crippen LogP contribution in [0.25, 0.3) is 0 Å². The largest absolute Gasteiger partial charge is 0.324 e. The monoisotopic (exact) mass is 254 g/mol. The van der Waals surface area contributed by atoms with Gasteiger partial charge in [0.15, 0.2) is 0 Å². The van der Waals surface area contributed by atoms with Crippen LogP contribution in [0.2, 0.25) is 0 Å². The molecular formula is C16H18N2O. The maximum absolute atomic E-state index is 12.1. The quantitative estimate of drug-likeness (QED) is 0.884. The van der Waals surface area contributed by atoms with Crippen molar-refractivity contribution in [3.63, 3.8) is 0 Å². The number of anilines is 1. The maximum Gasteiger partial charge on any atom is 0.245 e. The Bertz CT molecular complexity index is 579. The molecule has 0 saturated carbocycles. The van der Waals surface area contributed by atoms with Crippen LogP contribution in [-0.4, -0.2) is 5.91 Å². The minimum atomic E-state index is -0.650. The molecule has 19 heavy (non-hydrogen) atoms. The highest BCUT2D eigenvalue weighted by Gasteiger charge is 2.15. The molecule has 98 valence electrons. The zero-order chi connectivity index (χ0) is 13.8. The normalized spacial score (nSPS) is 11.9. The molecule has 0 radical (unpaired) electrons. The van der Waals surface area contributed by atoms with E-state index < -0.39 is 6.04 Å². The maximum atomic E-state index is 12.1. The molecular weight excluding hydrogens is 236 g/mol. The van der Waals surface area contributed by atoms with Crippen LogP contribution in [0.1, 0.15) is 22.7 Å². The van der Waals surface area contributed by atoms with E-state index in [1.54, 1.807) is 0 Å². The van der Waals surface area contributed by atoms with Gasteiger partial charge in [-0.25, -0.2) is 0 Å². The van der Waals surface area contributed by atoms with Crippen LogP contribution in [0.15, 0.2) is 48.5 Å². The summed E-state index contributed by atoms with van der Waals surface area (Å²) in [7, 11) is 0. The number of rotatable bonds is 3. The van der Waals surface area contributed by atoms with E-state index in [1.807, 2.05) is 62.4 Å². The van der Waals surface area contributed by atoms with E-state index in [2.05, 4.69) is 5.32 Å². The van der Waals surface area contributed by atoms with Crippen molar-refractivity contribution in [2.45, 2.75) is 19.9 Å². The predicted molar refractivity (Wildman–Crippen MR) is 77.9 cm³/mol. The van der Waals surface area contributed by atoms with E-state index in [9.17, 15) is 4.79 Å². The number of hydrogen-bond donors (Lipinski definition) is 2. The average molecular weight is 254 g/mol. The number of carbonyl (C=O) groups excluding carboxylic acids is 1. The lowest BCUT2D eigenvalue weighted by molar-refractivity contribution is -0.117. The standard InChI is InChI=1S/C16H18N2O/c1-11-8-9-14(10-12(11)2)18-16(19)15(17)13-6-4-3-5-7-13/h3-10,15H,17H2,1-2H3,(H,18,19)/t15-/m0/s1. The van der Waals surface area contributed by atoms with Gasteiger partial charge >= 0.3 is 0 Å². The van der Waals surface area contributed by atoms with Gasteiger partial charge < -0.3 is 11.1 Å². The molecule has 0 bridgehead atoms. The zero-order valence-electron chi connectivity index (χ0n) is 11.2. The van der Waals surface area contributed by atoms with Gasteiger partial charge in [-0.1, -0.05) is 36.4 Å². The molecule has 0 fully saturated rings. The highest BCUT2D eigenvalue weighted by Crippen LogP contribution is 2.17. The lowest BCUT2D eigenvalue weighted by atomic mass is 10.1. The molecule has 0 aliphatic heterocycles. The van der Waals surface area contributed by atoms with Crippen LogP contribution < -0.4 is 11.1 Å². The molecule has 3 heteroatoms. The van der Waals surface area contributed by atoms with Gasteiger partial charge in [-0.05, 0) is 42.7 Å². The van der Waals surface area contributed by atoms with Gasteiger partial charge in [0, 0.05) is 5.69 Å². The van der Waals surface area contributed by atoms with Crippen molar-refractivity contribution in [2.24, 2.45) is 5.73 Å². The smallest absolute Gasteiger partial charge is 0.245 e. The third kappa shape index (κ3) is 3.20. The molecule has 1 atom stereocenters. The Hall–Kier alpha value is -2.13. The summed E-state index contributed by atoms with van der Waals surface area (Å²) in [6, 6.07) is 14.5. The Morgan fingerprint density at radius 1 is 1.05 bits per heavy atom. The van der Waals surface area contributed by atoms with Crippen LogP contribution in [-0.2, 0) is 4.79 Å². The van der Waals surface area contributed by atoms with Crippen molar-refractivity contribution in [1.82, 2.24) is 0 Å². The van der Waals surface area contributed by atoms with E-state index in [0.717, 1.165) is 16.8 Å². The van der Waals surface area contributed by atoms with Crippen molar-refractivity contribution in [1.29, 1.82) is 0 Å². The summed E-state index contributed by atoms with van der Waals surface area (Å²) in [5.41, 5.74) is 9.87. The second-order valence-electron chi connectivity index (χ2n) is 4.68.